The molecule has 0 amide bonds. The van der Waals surface area contributed by atoms with Crippen LogP contribution >= 0.6 is 11.3 Å². The molecule has 1 aromatic heterocycles. The van der Waals surface area contributed by atoms with Crippen LogP contribution in [0.1, 0.15) is 37.2 Å². The van der Waals surface area contributed by atoms with Gasteiger partial charge in [0.2, 0.25) is 0 Å². The molecule has 1 N–H and O–H groups in total. The maximum atomic E-state index is 5.16. The first-order chi connectivity index (χ1) is 7.76. The van der Waals surface area contributed by atoms with E-state index in [1.54, 1.807) is 18.4 Å². The van der Waals surface area contributed by atoms with Gasteiger partial charge in [-0.15, -0.1) is 11.3 Å². The van der Waals surface area contributed by atoms with Crippen molar-refractivity contribution in [2.45, 2.75) is 32.2 Å². The Labute approximate surface area is 101 Å². The monoisotopic (exact) mass is 240 g/mol. The van der Waals surface area contributed by atoms with Crippen LogP contribution in [-0.4, -0.2) is 25.2 Å². The molecule has 1 heterocycles. The first-order valence-corrected chi connectivity index (χ1v) is 6.75. The number of thiazole rings is 1. The van der Waals surface area contributed by atoms with Gasteiger partial charge in [0.05, 0.1) is 6.04 Å². The number of hydrogen-bond acceptors (Lipinski definition) is 4. The van der Waals surface area contributed by atoms with E-state index in [-0.39, 0.29) is 0 Å². The summed E-state index contributed by atoms with van der Waals surface area (Å²) >= 11 is 1.72. The van der Waals surface area contributed by atoms with Gasteiger partial charge in [-0.1, -0.05) is 0 Å². The third kappa shape index (κ3) is 3.03. The van der Waals surface area contributed by atoms with E-state index in [2.05, 4.69) is 17.2 Å². The predicted octanol–water partition coefficient (Wildman–Crippen LogP) is 2.61. The number of ether oxygens (including phenoxy) is 1. The van der Waals surface area contributed by atoms with Crippen molar-refractivity contribution in [3.8, 4) is 0 Å². The van der Waals surface area contributed by atoms with E-state index in [0.717, 1.165) is 13.2 Å². The van der Waals surface area contributed by atoms with Crippen molar-refractivity contribution in [3.05, 3.63) is 16.6 Å². The Hall–Kier alpha value is -0.450. The summed E-state index contributed by atoms with van der Waals surface area (Å²) in [4.78, 5) is 4.33. The van der Waals surface area contributed by atoms with E-state index >= 15 is 0 Å². The topological polar surface area (TPSA) is 34.1 Å². The van der Waals surface area contributed by atoms with Crippen molar-refractivity contribution >= 4 is 11.3 Å². The van der Waals surface area contributed by atoms with Gasteiger partial charge in [0.1, 0.15) is 5.01 Å². The Balaban J connectivity index is 1.75. The maximum Gasteiger partial charge on any atom is 0.109 e. The SMILES string of the molecule is COCCC1(CNC(C)c2nccs2)CC1. The van der Waals surface area contributed by atoms with Crippen molar-refractivity contribution in [2.75, 3.05) is 20.3 Å². The second-order valence-electron chi connectivity index (χ2n) is 4.72. The zero-order valence-electron chi connectivity index (χ0n) is 10.0. The average Bonchev–Trinajstić information content (AvgIpc) is 2.85. The predicted molar refractivity (Wildman–Crippen MR) is 66.7 cm³/mol. The minimum absolute atomic E-state index is 0.375. The van der Waals surface area contributed by atoms with Crippen LogP contribution in [0.25, 0.3) is 0 Å². The van der Waals surface area contributed by atoms with Crippen LogP contribution in [-0.2, 0) is 4.74 Å². The van der Waals surface area contributed by atoms with Crippen LogP contribution in [0.5, 0.6) is 0 Å². The average molecular weight is 240 g/mol. The van der Waals surface area contributed by atoms with Gasteiger partial charge < -0.3 is 10.1 Å². The summed E-state index contributed by atoms with van der Waals surface area (Å²) in [7, 11) is 1.78. The summed E-state index contributed by atoms with van der Waals surface area (Å²) in [6.45, 7) is 4.16. The molecular weight excluding hydrogens is 220 g/mol. The molecular formula is C12H20N2OS. The minimum atomic E-state index is 0.375. The highest BCUT2D eigenvalue weighted by atomic mass is 32.1. The molecule has 0 aliphatic heterocycles. The Morgan fingerprint density at radius 1 is 1.62 bits per heavy atom. The molecule has 1 aliphatic rings. The fourth-order valence-corrected chi connectivity index (χ4v) is 2.59. The number of hydrogen-bond donors (Lipinski definition) is 1. The van der Waals surface area contributed by atoms with Crippen molar-refractivity contribution < 1.29 is 4.74 Å². The zero-order valence-corrected chi connectivity index (χ0v) is 10.8. The van der Waals surface area contributed by atoms with Crippen molar-refractivity contribution in [3.63, 3.8) is 0 Å². The van der Waals surface area contributed by atoms with Crippen LogP contribution in [0.4, 0.5) is 0 Å². The Morgan fingerprint density at radius 3 is 3.00 bits per heavy atom. The highest BCUT2D eigenvalue weighted by Crippen LogP contribution is 2.48. The number of methoxy groups -OCH3 is 1. The molecule has 1 atom stereocenters. The fraction of sp³-hybridized carbons (Fsp3) is 0.750. The van der Waals surface area contributed by atoms with Crippen LogP contribution in [0.15, 0.2) is 11.6 Å². The molecule has 0 aromatic carbocycles. The van der Waals surface area contributed by atoms with Gasteiger partial charge in [0.15, 0.2) is 0 Å². The van der Waals surface area contributed by atoms with E-state index in [4.69, 9.17) is 4.74 Å². The summed E-state index contributed by atoms with van der Waals surface area (Å²) in [5, 5.41) is 6.81. The summed E-state index contributed by atoms with van der Waals surface area (Å²) in [6, 6.07) is 0.375. The molecule has 0 saturated heterocycles. The first kappa shape index (κ1) is 12.0. The summed E-state index contributed by atoms with van der Waals surface area (Å²) in [6.07, 6.45) is 5.74. The van der Waals surface area contributed by atoms with Crippen LogP contribution in [0.2, 0.25) is 0 Å². The molecule has 90 valence electrons. The van der Waals surface area contributed by atoms with Crippen molar-refractivity contribution in [2.24, 2.45) is 5.41 Å². The molecule has 0 spiro atoms. The van der Waals surface area contributed by atoms with Crippen LogP contribution in [0, 0.1) is 5.41 Å². The normalized spacial score (nSPS) is 19.6. The molecule has 1 unspecified atom stereocenters. The fourth-order valence-electron chi connectivity index (χ4n) is 1.92. The quantitative estimate of drug-likeness (QED) is 0.795. The molecule has 2 rings (SSSR count). The molecule has 1 fully saturated rings. The smallest absolute Gasteiger partial charge is 0.109 e. The second-order valence-corrected chi connectivity index (χ2v) is 5.64. The Morgan fingerprint density at radius 2 is 2.44 bits per heavy atom. The molecule has 1 aliphatic carbocycles. The van der Waals surface area contributed by atoms with E-state index in [1.807, 2.05) is 11.6 Å². The number of rotatable bonds is 7. The van der Waals surface area contributed by atoms with E-state index < -0.39 is 0 Å². The molecule has 3 nitrogen and oxygen atoms in total. The number of nitrogens with zero attached hydrogens (tertiary/aromatic N) is 1. The van der Waals surface area contributed by atoms with Crippen LogP contribution < -0.4 is 5.32 Å². The van der Waals surface area contributed by atoms with Gasteiger partial charge in [-0.3, -0.25) is 0 Å². The van der Waals surface area contributed by atoms with Gasteiger partial charge in [-0.25, -0.2) is 4.98 Å². The van der Waals surface area contributed by atoms with Gasteiger partial charge in [0.25, 0.3) is 0 Å². The first-order valence-electron chi connectivity index (χ1n) is 5.87. The maximum absolute atomic E-state index is 5.16. The molecule has 0 radical (unpaired) electrons. The molecule has 1 aromatic rings. The molecule has 1 saturated carbocycles. The summed E-state index contributed by atoms with van der Waals surface area (Å²) in [5.74, 6) is 0. The number of aromatic nitrogens is 1. The van der Waals surface area contributed by atoms with Gasteiger partial charge in [-0.2, -0.15) is 0 Å². The summed E-state index contributed by atoms with van der Waals surface area (Å²) < 4.78 is 5.16. The third-order valence-electron chi connectivity index (χ3n) is 3.40. The zero-order chi connectivity index (χ0) is 11.4. The van der Waals surface area contributed by atoms with Crippen molar-refractivity contribution in [1.82, 2.24) is 10.3 Å². The van der Waals surface area contributed by atoms with Crippen LogP contribution in [0.3, 0.4) is 0 Å². The Kier molecular flexibility index (Phi) is 3.95. The third-order valence-corrected chi connectivity index (χ3v) is 4.36. The molecule has 4 heteroatoms. The van der Waals surface area contributed by atoms with E-state index in [1.165, 1.54) is 24.3 Å². The second kappa shape index (κ2) is 5.25. The standard InChI is InChI=1S/C12H20N2OS/c1-10(11-13-6-8-16-11)14-9-12(3-4-12)5-7-15-2/h6,8,10,14H,3-5,7,9H2,1-2H3. The van der Waals surface area contributed by atoms with E-state index in [9.17, 15) is 0 Å². The van der Waals surface area contributed by atoms with Gasteiger partial charge in [0, 0.05) is 31.8 Å². The van der Waals surface area contributed by atoms with Gasteiger partial charge >= 0.3 is 0 Å². The lowest BCUT2D eigenvalue weighted by molar-refractivity contribution is 0.170. The lowest BCUT2D eigenvalue weighted by atomic mass is 10.0. The molecule has 0 bridgehead atoms. The van der Waals surface area contributed by atoms with E-state index in [0.29, 0.717) is 11.5 Å². The minimum Gasteiger partial charge on any atom is -0.385 e. The lowest BCUT2D eigenvalue weighted by Crippen LogP contribution is -2.27. The lowest BCUT2D eigenvalue weighted by Gasteiger charge is -2.18. The van der Waals surface area contributed by atoms with Gasteiger partial charge in [-0.05, 0) is 31.6 Å². The van der Waals surface area contributed by atoms with Crippen molar-refractivity contribution in [1.29, 1.82) is 0 Å². The molecule has 16 heavy (non-hydrogen) atoms. The Bertz CT molecular complexity index is 309. The summed E-state index contributed by atoms with van der Waals surface area (Å²) in [5.41, 5.74) is 0.515. The largest absolute Gasteiger partial charge is 0.385 e. The highest BCUT2D eigenvalue weighted by Gasteiger charge is 2.41. The number of nitrogens with one attached hydrogen (secondary N) is 1. The highest BCUT2D eigenvalue weighted by molar-refractivity contribution is 7.09.